The summed E-state index contributed by atoms with van der Waals surface area (Å²) in [6, 6.07) is 14.2. The van der Waals surface area contributed by atoms with Crippen molar-refractivity contribution in [2.24, 2.45) is 0 Å². The average molecular weight is 389 g/mol. The first-order chi connectivity index (χ1) is 12.8. The van der Waals surface area contributed by atoms with Crippen LogP contribution in [0.25, 0.3) is 0 Å². The van der Waals surface area contributed by atoms with E-state index in [1.165, 1.54) is 6.92 Å². The van der Waals surface area contributed by atoms with Crippen molar-refractivity contribution >= 4 is 29.4 Å². The summed E-state index contributed by atoms with van der Waals surface area (Å²) in [5, 5.41) is 15.2. The predicted molar refractivity (Wildman–Crippen MR) is 102 cm³/mol. The average Bonchev–Trinajstić information content (AvgIpc) is 2.61. The molecule has 0 fully saturated rings. The van der Waals surface area contributed by atoms with Crippen LogP contribution in [-0.4, -0.2) is 28.9 Å². The zero-order valence-corrected chi connectivity index (χ0v) is 15.6. The summed E-state index contributed by atoms with van der Waals surface area (Å²) in [6.07, 6.45) is 0.0907. The zero-order chi connectivity index (χ0) is 19.8. The number of hydrogen-bond acceptors (Lipinski definition) is 3. The number of rotatable bonds is 8. The van der Waals surface area contributed by atoms with Gasteiger partial charge in [-0.15, -0.1) is 0 Å². The van der Waals surface area contributed by atoms with Gasteiger partial charge in [-0.2, -0.15) is 0 Å². The Bertz CT molecular complexity index is 793. The first-order valence-corrected chi connectivity index (χ1v) is 8.81. The largest absolute Gasteiger partial charge is 0.480 e. The first-order valence-electron chi connectivity index (χ1n) is 8.44. The number of carboxylic acids is 1. The Labute approximate surface area is 162 Å². The van der Waals surface area contributed by atoms with E-state index < -0.39 is 24.0 Å². The molecule has 27 heavy (non-hydrogen) atoms. The molecule has 0 aliphatic heterocycles. The highest BCUT2D eigenvalue weighted by atomic mass is 35.5. The highest BCUT2D eigenvalue weighted by Gasteiger charge is 2.23. The minimum Gasteiger partial charge on any atom is -0.480 e. The van der Waals surface area contributed by atoms with Gasteiger partial charge in [0, 0.05) is 18.4 Å². The number of halogens is 1. The van der Waals surface area contributed by atoms with Crippen LogP contribution >= 0.6 is 11.6 Å². The molecule has 0 aliphatic rings. The molecule has 0 heterocycles. The Morgan fingerprint density at radius 3 is 2.19 bits per heavy atom. The van der Waals surface area contributed by atoms with Gasteiger partial charge < -0.3 is 15.7 Å². The molecule has 2 rings (SSSR count). The Hall–Kier alpha value is -2.86. The van der Waals surface area contributed by atoms with E-state index in [-0.39, 0.29) is 18.7 Å². The van der Waals surface area contributed by atoms with Crippen LogP contribution < -0.4 is 10.6 Å². The molecule has 0 aliphatic carbocycles. The lowest BCUT2D eigenvalue weighted by molar-refractivity contribution is -0.142. The van der Waals surface area contributed by atoms with Crippen molar-refractivity contribution in [3.05, 3.63) is 70.7 Å². The number of carbonyl (C=O) groups is 3. The molecule has 0 aromatic heterocycles. The van der Waals surface area contributed by atoms with Gasteiger partial charge in [0.05, 0.1) is 12.5 Å². The van der Waals surface area contributed by atoms with Crippen LogP contribution in [-0.2, 0) is 20.8 Å². The van der Waals surface area contributed by atoms with Gasteiger partial charge in [-0.1, -0.05) is 54.1 Å². The maximum atomic E-state index is 12.4. The maximum Gasteiger partial charge on any atom is 0.326 e. The Balaban J connectivity index is 2.07. The van der Waals surface area contributed by atoms with Crippen molar-refractivity contribution in [2.45, 2.75) is 31.8 Å². The lowest BCUT2D eigenvalue weighted by atomic mass is 10.0. The van der Waals surface area contributed by atoms with E-state index >= 15 is 0 Å². The second-order valence-corrected chi connectivity index (χ2v) is 6.59. The third-order valence-corrected chi connectivity index (χ3v) is 4.21. The van der Waals surface area contributed by atoms with Gasteiger partial charge >= 0.3 is 5.97 Å². The fraction of sp³-hybridized carbons (Fsp3) is 0.250. The van der Waals surface area contributed by atoms with Crippen LogP contribution in [0.3, 0.4) is 0 Å². The van der Waals surface area contributed by atoms with Crippen molar-refractivity contribution < 1.29 is 19.5 Å². The van der Waals surface area contributed by atoms with Gasteiger partial charge in [0.1, 0.15) is 6.04 Å². The van der Waals surface area contributed by atoms with E-state index in [0.717, 1.165) is 5.56 Å². The molecular formula is C20H21ClN2O4. The van der Waals surface area contributed by atoms with Gasteiger partial charge in [0.15, 0.2) is 0 Å². The molecule has 0 saturated heterocycles. The van der Waals surface area contributed by atoms with Crippen LogP contribution in [0.15, 0.2) is 54.6 Å². The second-order valence-electron chi connectivity index (χ2n) is 6.16. The molecule has 6 nitrogen and oxygen atoms in total. The maximum absolute atomic E-state index is 12.4. The number of nitrogens with one attached hydrogen (secondary N) is 2. The van der Waals surface area contributed by atoms with E-state index in [2.05, 4.69) is 10.6 Å². The summed E-state index contributed by atoms with van der Waals surface area (Å²) in [7, 11) is 0. The molecule has 3 N–H and O–H groups in total. The fourth-order valence-electron chi connectivity index (χ4n) is 2.68. The van der Waals surface area contributed by atoms with Crippen LogP contribution in [0, 0.1) is 0 Å². The van der Waals surface area contributed by atoms with Crippen LogP contribution in [0.4, 0.5) is 0 Å². The molecule has 2 aromatic rings. The monoisotopic (exact) mass is 388 g/mol. The first kappa shape index (κ1) is 20.5. The smallest absolute Gasteiger partial charge is 0.326 e. The minimum atomic E-state index is -1.12. The molecule has 1 unspecified atom stereocenters. The van der Waals surface area contributed by atoms with Gasteiger partial charge in [-0.05, 0) is 23.3 Å². The van der Waals surface area contributed by atoms with E-state index in [0.29, 0.717) is 10.6 Å². The number of amides is 2. The zero-order valence-electron chi connectivity index (χ0n) is 14.8. The van der Waals surface area contributed by atoms with Crippen molar-refractivity contribution in [1.82, 2.24) is 10.6 Å². The normalized spacial score (nSPS) is 12.7. The molecule has 2 atom stereocenters. The Kier molecular flexibility index (Phi) is 7.37. The van der Waals surface area contributed by atoms with Gasteiger partial charge in [0.25, 0.3) is 0 Å². The van der Waals surface area contributed by atoms with Crippen molar-refractivity contribution in [2.75, 3.05) is 0 Å². The lowest BCUT2D eigenvalue weighted by Crippen LogP contribution is -2.43. The molecule has 2 aromatic carbocycles. The SMILES string of the molecule is CC(=O)NC(CC(=O)N[C@@H](Cc1ccccc1)C(=O)O)c1ccc(Cl)cc1. The lowest BCUT2D eigenvalue weighted by Gasteiger charge is -2.20. The minimum absolute atomic E-state index is 0.0835. The number of hydrogen-bond donors (Lipinski definition) is 3. The van der Waals surface area contributed by atoms with E-state index in [1.807, 2.05) is 18.2 Å². The standard InChI is InChI=1S/C20H21ClN2O4/c1-13(24)22-17(15-7-9-16(21)10-8-15)12-19(25)23-18(20(26)27)11-14-5-3-2-4-6-14/h2-10,17-18H,11-12H2,1H3,(H,22,24)(H,23,25)(H,26,27)/t17?,18-/m0/s1. The highest BCUT2D eigenvalue weighted by molar-refractivity contribution is 6.30. The molecule has 0 spiro atoms. The molecular weight excluding hydrogens is 368 g/mol. The fourth-order valence-corrected chi connectivity index (χ4v) is 2.81. The summed E-state index contributed by atoms with van der Waals surface area (Å²) in [5.41, 5.74) is 1.51. The number of aliphatic carboxylic acids is 1. The molecule has 7 heteroatoms. The van der Waals surface area contributed by atoms with Crippen LogP contribution in [0.1, 0.15) is 30.5 Å². The third kappa shape index (κ3) is 6.75. The van der Waals surface area contributed by atoms with Gasteiger partial charge in [-0.3, -0.25) is 9.59 Å². The number of carbonyl (C=O) groups excluding carboxylic acids is 2. The number of benzene rings is 2. The van der Waals surface area contributed by atoms with Crippen LogP contribution in [0.5, 0.6) is 0 Å². The Morgan fingerprint density at radius 2 is 1.63 bits per heavy atom. The third-order valence-electron chi connectivity index (χ3n) is 3.96. The van der Waals surface area contributed by atoms with Crippen molar-refractivity contribution in [1.29, 1.82) is 0 Å². The van der Waals surface area contributed by atoms with Crippen molar-refractivity contribution in [3.63, 3.8) is 0 Å². The predicted octanol–water partition coefficient (Wildman–Crippen LogP) is 2.72. The van der Waals surface area contributed by atoms with Crippen molar-refractivity contribution in [3.8, 4) is 0 Å². The molecule has 0 bridgehead atoms. The summed E-state index contributed by atoms with van der Waals surface area (Å²) >= 11 is 5.88. The summed E-state index contributed by atoms with van der Waals surface area (Å²) < 4.78 is 0. The van der Waals surface area contributed by atoms with Crippen LogP contribution in [0.2, 0.25) is 5.02 Å². The quantitative estimate of drug-likeness (QED) is 0.648. The van der Waals surface area contributed by atoms with E-state index in [4.69, 9.17) is 11.6 Å². The Morgan fingerprint density at radius 1 is 1.00 bits per heavy atom. The molecule has 0 saturated carbocycles. The van der Waals surface area contributed by atoms with Gasteiger partial charge in [0.2, 0.25) is 11.8 Å². The molecule has 0 radical (unpaired) electrons. The summed E-state index contributed by atoms with van der Waals surface area (Å²) in [4.78, 5) is 35.4. The van der Waals surface area contributed by atoms with E-state index in [9.17, 15) is 19.5 Å². The second kappa shape index (κ2) is 9.73. The number of carboxylic acid groups (broad SMARTS) is 1. The van der Waals surface area contributed by atoms with E-state index in [1.54, 1.807) is 36.4 Å². The summed E-state index contributed by atoms with van der Waals surface area (Å²) in [6.45, 7) is 1.36. The summed E-state index contributed by atoms with van der Waals surface area (Å²) in [5.74, 6) is -1.87. The van der Waals surface area contributed by atoms with Gasteiger partial charge in [-0.25, -0.2) is 4.79 Å². The highest BCUT2D eigenvalue weighted by Crippen LogP contribution is 2.19. The topological polar surface area (TPSA) is 95.5 Å². The molecule has 2 amide bonds. The molecule has 142 valence electrons.